The van der Waals surface area contributed by atoms with E-state index in [4.69, 9.17) is 5.11 Å². The lowest BCUT2D eigenvalue weighted by molar-refractivity contribution is -0.119. The van der Waals surface area contributed by atoms with Gasteiger partial charge in [0.2, 0.25) is 0 Å². The molecule has 1 atom stereocenters. The Bertz CT molecular complexity index is 201. The molecule has 1 aliphatic rings. The molecule has 2 heteroatoms. The monoisotopic (exact) mass is 138 g/mol. The second kappa shape index (κ2) is 2.69. The van der Waals surface area contributed by atoms with Crippen LogP contribution in [0.25, 0.3) is 0 Å². The molecule has 0 aliphatic heterocycles. The van der Waals surface area contributed by atoms with E-state index in [0.717, 1.165) is 0 Å². The molecule has 1 unspecified atom stereocenters. The van der Waals surface area contributed by atoms with Gasteiger partial charge in [0.15, 0.2) is 0 Å². The highest BCUT2D eigenvalue weighted by molar-refractivity contribution is 5.80. The SMILES string of the molecule is CC(=O)C1C=CC=C(O)C1. The summed E-state index contributed by atoms with van der Waals surface area (Å²) in [5.74, 6) is 0.295. The average molecular weight is 138 g/mol. The van der Waals surface area contributed by atoms with Crippen LogP contribution in [0.15, 0.2) is 24.0 Å². The molecule has 0 aromatic heterocycles. The highest BCUT2D eigenvalue weighted by Gasteiger charge is 2.14. The van der Waals surface area contributed by atoms with Gasteiger partial charge in [0.25, 0.3) is 0 Å². The molecular formula is C8H10O2. The summed E-state index contributed by atoms with van der Waals surface area (Å²) in [5.41, 5.74) is 0. The van der Waals surface area contributed by atoms with Crippen LogP contribution in [0.1, 0.15) is 13.3 Å². The zero-order valence-corrected chi connectivity index (χ0v) is 5.87. The van der Waals surface area contributed by atoms with E-state index in [2.05, 4.69) is 0 Å². The van der Waals surface area contributed by atoms with Crippen LogP contribution >= 0.6 is 0 Å². The third-order valence-corrected chi connectivity index (χ3v) is 1.58. The van der Waals surface area contributed by atoms with E-state index in [1.165, 1.54) is 6.92 Å². The van der Waals surface area contributed by atoms with Crippen molar-refractivity contribution in [2.24, 2.45) is 5.92 Å². The Hall–Kier alpha value is -1.05. The molecule has 54 valence electrons. The van der Waals surface area contributed by atoms with Crippen LogP contribution in [0.4, 0.5) is 0 Å². The Kier molecular flexibility index (Phi) is 1.90. The predicted octanol–water partition coefficient (Wildman–Crippen LogP) is 1.59. The number of aliphatic hydroxyl groups is 1. The quantitative estimate of drug-likeness (QED) is 0.597. The summed E-state index contributed by atoms with van der Waals surface area (Å²) in [7, 11) is 0. The second-order valence-electron chi connectivity index (χ2n) is 2.46. The van der Waals surface area contributed by atoms with Crippen molar-refractivity contribution in [1.29, 1.82) is 0 Å². The van der Waals surface area contributed by atoms with Crippen LogP contribution in [-0.2, 0) is 4.79 Å². The van der Waals surface area contributed by atoms with Crippen molar-refractivity contribution in [3.05, 3.63) is 24.0 Å². The van der Waals surface area contributed by atoms with Crippen molar-refractivity contribution in [2.75, 3.05) is 0 Å². The fourth-order valence-corrected chi connectivity index (χ4v) is 0.941. The lowest BCUT2D eigenvalue weighted by atomic mass is 9.96. The molecule has 0 saturated heterocycles. The summed E-state index contributed by atoms with van der Waals surface area (Å²) in [4.78, 5) is 10.8. The van der Waals surface area contributed by atoms with Gasteiger partial charge in [-0.1, -0.05) is 12.2 Å². The lowest BCUT2D eigenvalue weighted by Gasteiger charge is -2.10. The van der Waals surface area contributed by atoms with Gasteiger partial charge in [-0.25, -0.2) is 0 Å². The van der Waals surface area contributed by atoms with E-state index in [-0.39, 0.29) is 11.7 Å². The molecule has 2 nitrogen and oxygen atoms in total. The molecule has 0 bridgehead atoms. The fourth-order valence-electron chi connectivity index (χ4n) is 0.941. The van der Waals surface area contributed by atoms with Gasteiger partial charge in [-0.05, 0) is 13.0 Å². The van der Waals surface area contributed by atoms with Crippen LogP contribution in [-0.4, -0.2) is 10.9 Å². The molecule has 0 amide bonds. The number of rotatable bonds is 1. The highest BCUT2D eigenvalue weighted by atomic mass is 16.3. The van der Waals surface area contributed by atoms with Gasteiger partial charge in [-0.15, -0.1) is 0 Å². The average Bonchev–Trinajstić information content (AvgIpc) is 1.88. The molecule has 0 aromatic rings. The molecule has 1 N–H and O–H groups in total. The number of carbonyl (C=O) groups is 1. The molecule has 0 aromatic carbocycles. The molecule has 1 aliphatic carbocycles. The minimum atomic E-state index is -0.106. The zero-order valence-electron chi connectivity index (χ0n) is 5.87. The van der Waals surface area contributed by atoms with Crippen molar-refractivity contribution in [1.82, 2.24) is 0 Å². The molecule has 10 heavy (non-hydrogen) atoms. The minimum Gasteiger partial charge on any atom is -0.512 e. The summed E-state index contributed by atoms with van der Waals surface area (Å²) in [6.07, 6.45) is 5.60. The van der Waals surface area contributed by atoms with Crippen molar-refractivity contribution in [3.8, 4) is 0 Å². The number of Topliss-reactive ketones (excluding diaryl/α,β-unsaturated/α-hetero) is 1. The number of ketones is 1. The third kappa shape index (κ3) is 1.47. The van der Waals surface area contributed by atoms with Crippen LogP contribution in [0, 0.1) is 5.92 Å². The van der Waals surface area contributed by atoms with E-state index in [1.807, 2.05) is 6.08 Å². The molecule has 0 heterocycles. The minimum absolute atomic E-state index is 0.106. The molecule has 1 rings (SSSR count). The van der Waals surface area contributed by atoms with Crippen molar-refractivity contribution in [2.45, 2.75) is 13.3 Å². The van der Waals surface area contributed by atoms with Gasteiger partial charge >= 0.3 is 0 Å². The summed E-state index contributed by atoms with van der Waals surface area (Å²) in [5, 5.41) is 8.99. The number of hydrogen-bond donors (Lipinski definition) is 1. The summed E-state index contributed by atoms with van der Waals surface area (Å²) < 4.78 is 0. The maximum absolute atomic E-state index is 10.8. The second-order valence-corrected chi connectivity index (χ2v) is 2.46. The smallest absolute Gasteiger partial charge is 0.137 e. The predicted molar refractivity (Wildman–Crippen MR) is 38.6 cm³/mol. The molecule has 0 fully saturated rings. The summed E-state index contributed by atoms with van der Waals surface area (Å²) in [6.45, 7) is 1.54. The number of hydrogen-bond acceptors (Lipinski definition) is 2. The first-order chi connectivity index (χ1) is 4.70. The van der Waals surface area contributed by atoms with Gasteiger partial charge in [0.05, 0.1) is 5.76 Å². The summed E-state index contributed by atoms with van der Waals surface area (Å²) in [6, 6.07) is 0. The Balaban J connectivity index is 2.64. The Morgan fingerprint density at radius 3 is 2.90 bits per heavy atom. The lowest BCUT2D eigenvalue weighted by Crippen LogP contribution is -2.10. The first-order valence-electron chi connectivity index (χ1n) is 3.27. The maximum atomic E-state index is 10.8. The fraction of sp³-hybridized carbons (Fsp3) is 0.375. The molecule has 0 spiro atoms. The van der Waals surface area contributed by atoms with Crippen LogP contribution in [0.2, 0.25) is 0 Å². The van der Waals surface area contributed by atoms with Crippen molar-refractivity contribution < 1.29 is 9.90 Å². The largest absolute Gasteiger partial charge is 0.512 e. The molecular weight excluding hydrogens is 128 g/mol. The van der Waals surface area contributed by atoms with Gasteiger partial charge in [-0.3, -0.25) is 4.79 Å². The third-order valence-electron chi connectivity index (χ3n) is 1.58. The van der Waals surface area contributed by atoms with E-state index < -0.39 is 0 Å². The van der Waals surface area contributed by atoms with Gasteiger partial charge in [-0.2, -0.15) is 0 Å². The zero-order chi connectivity index (χ0) is 7.56. The van der Waals surface area contributed by atoms with E-state index in [0.29, 0.717) is 12.2 Å². The van der Waals surface area contributed by atoms with E-state index >= 15 is 0 Å². The molecule has 0 radical (unpaired) electrons. The highest BCUT2D eigenvalue weighted by Crippen LogP contribution is 2.16. The number of carbonyl (C=O) groups excluding carboxylic acids is 1. The summed E-state index contributed by atoms with van der Waals surface area (Å²) >= 11 is 0. The van der Waals surface area contributed by atoms with E-state index in [9.17, 15) is 4.79 Å². The first-order valence-corrected chi connectivity index (χ1v) is 3.27. The Morgan fingerprint density at radius 1 is 1.80 bits per heavy atom. The topological polar surface area (TPSA) is 37.3 Å². The van der Waals surface area contributed by atoms with Crippen molar-refractivity contribution in [3.63, 3.8) is 0 Å². The van der Waals surface area contributed by atoms with Gasteiger partial charge in [0.1, 0.15) is 5.78 Å². The van der Waals surface area contributed by atoms with Crippen LogP contribution in [0.3, 0.4) is 0 Å². The Labute approximate surface area is 59.9 Å². The standard InChI is InChI=1S/C8H10O2/c1-6(9)7-3-2-4-8(10)5-7/h2-4,7,10H,5H2,1H3. The van der Waals surface area contributed by atoms with Crippen LogP contribution in [0.5, 0.6) is 0 Å². The first kappa shape index (κ1) is 7.06. The van der Waals surface area contributed by atoms with Crippen molar-refractivity contribution >= 4 is 5.78 Å². The van der Waals surface area contributed by atoms with Gasteiger partial charge < -0.3 is 5.11 Å². The maximum Gasteiger partial charge on any atom is 0.137 e. The number of aliphatic hydroxyl groups excluding tert-OH is 1. The van der Waals surface area contributed by atoms with E-state index in [1.54, 1.807) is 12.2 Å². The number of allylic oxidation sites excluding steroid dienone is 4. The Morgan fingerprint density at radius 2 is 2.50 bits per heavy atom. The molecule has 0 saturated carbocycles. The van der Waals surface area contributed by atoms with Gasteiger partial charge in [0, 0.05) is 12.3 Å². The van der Waals surface area contributed by atoms with Crippen LogP contribution < -0.4 is 0 Å². The normalized spacial score (nSPS) is 24.1.